The number of nitrogens with zero attached hydrogens (tertiary/aromatic N) is 3. The quantitative estimate of drug-likeness (QED) is 0.174. The van der Waals surface area contributed by atoms with Crippen molar-refractivity contribution in [1.82, 2.24) is 13.7 Å². The van der Waals surface area contributed by atoms with Crippen molar-refractivity contribution in [2.45, 2.75) is 0 Å². The molecule has 0 aliphatic heterocycles. The van der Waals surface area contributed by atoms with E-state index in [9.17, 15) is 0 Å². The molecule has 3 aromatic heterocycles. The van der Waals surface area contributed by atoms with Gasteiger partial charge in [-0.15, -0.1) is 0 Å². The third-order valence-corrected chi connectivity index (χ3v) is 11.6. The van der Waals surface area contributed by atoms with Gasteiger partial charge in [-0.3, -0.25) is 0 Å². The van der Waals surface area contributed by atoms with Gasteiger partial charge in [-0.05, 0) is 89.3 Å². The lowest BCUT2D eigenvalue weighted by atomic mass is 10.0. The molecule has 256 valence electrons. The molecule has 0 aliphatic rings. The topological polar surface area (TPSA) is 14.8 Å². The standard InChI is InChI=1S/C52H33N3/c1-2-15-37(16-3-1)53-47-21-9-6-18-40(47)43-31-36(27-30-50(43)53)34-25-28-38(29-26-34)54-48-22-10-7-19-41(48)44-33-52-45(32-51(44)54)42-20-8-11-23-49(42)55(52)46-24-12-14-35-13-4-5-17-39(35)46/h1-33H. The Hall–Kier alpha value is -7.36. The molecule has 0 saturated heterocycles. The number of rotatable bonds is 4. The van der Waals surface area contributed by atoms with E-state index in [-0.39, 0.29) is 0 Å². The lowest BCUT2D eigenvalue weighted by molar-refractivity contribution is 1.18. The molecule has 12 rings (SSSR count). The summed E-state index contributed by atoms with van der Waals surface area (Å²) in [6.45, 7) is 0. The molecule has 0 aliphatic carbocycles. The second-order valence-corrected chi connectivity index (χ2v) is 14.6. The van der Waals surface area contributed by atoms with Gasteiger partial charge in [0, 0.05) is 49.1 Å². The normalized spacial score (nSPS) is 12.0. The maximum absolute atomic E-state index is 2.46. The molecule has 3 heterocycles. The molecule has 0 fully saturated rings. The van der Waals surface area contributed by atoms with Crippen LogP contribution >= 0.6 is 0 Å². The second-order valence-electron chi connectivity index (χ2n) is 14.6. The Kier molecular flexibility index (Phi) is 6.34. The van der Waals surface area contributed by atoms with Crippen LogP contribution in [0.2, 0.25) is 0 Å². The SMILES string of the molecule is c1ccc(-n2c3ccccc3c3cc(-c4ccc(-n5c6ccccc6c6cc7c(cc65)c5ccccc5n7-c5cccc6ccccc56)cc4)ccc32)cc1. The summed E-state index contributed by atoms with van der Waals surface area (Å²) in [4.78, 5) is 0. The van der Waals surface area contributed by atoms with Gasteiger partial charge in [0.05, 0.1) is 38.8 Å². The smallest absolute Gasteiger partial charge is 0.0549 e. The van der Waals surface area contributed by atoms with Crippen LogP contribution in [0.1, 0.15) is 0 Å². The summed E-state index contributed by atoms with van der Waals surface area (Å²) >= 11 is 0. The molecular weight excluding hydrogens is 667 g/mol. The molecule has 9 aromatic carbocycles. The second kappa shape index (κ2) is 11.6. The van der Waals surface area contributed by atoms with E-state index in [1.165, 1.54) is 98.7 Å². The van der Waals surface area contributed by atoms with Crippen LogP contribution < -0.4 is 0 Å². The molecule has 0 atom stereocenters. The molecule has 3 nitrogen and oxygen atoms in total. The van der Waals surface area contributed by atoms with Gasteiger partial charge in [0.25, 0.3) is 0 Å². The van der Waals surface area contributed by atoms with Crippen LogP contribution in [0.25, 0.3) is 104 Å². The molecular formula is C52H33N3. The molecule has 55 heavy (non-hydrogen) atoms. The van der Waals surface area contributed by atoms with E-state index in [4.69, 9.17) is 0 Å². The van der Waals surface area contributed by atoms with E-state index in [0.29, 0.717) is 0 Å². The largest absolute Gasteiger partial charge is 0.309 e. The first-order valence-electron chi connectivity index (χ1n) is 18.9. The van der Waals surface area contributed by atoms with E-state index in [1.807, 2.05) is 0 Å². The summed E-state index contributed by atoms with van der Waals surface area (Å²) in [7, 11) is 0. The number of fused-ring (bicyclic) bond motifs is 10. The Bertz CT molecular complexity index is 3460. The van der Waals surface area contributed by atoms with Gasteiger partial charge in [0.1, 0.15) is 0 Å². The number of para-hydroxylation sites is 4. The molecule has 12 aromatic rings. The number of hydrogen-bond acceptors (Lipinski definition) is 0. The predicted octanol–water partition coefficient (Wildman–Crippen LogP) is 13.8. The minimum Gasteiger partial charge on any atom is -0.309 e. The Morgan fingerprint density at radius 3 is 1.36 bits per heavy atom. The van der Waals surface area contributed by atoms with Crippen molar-refractivity contribution in [3.63, 3.8) is 0 Å². The monoisotopic (exact) mass is 699 g/mol. The molecule has 0 saturated carbocycles. The van der Waals surface area contributed by atoms with E-state index >= 15 is 0 Å². The Labute approximate surface area is 317 Å². The minimum atomic E-state index is 1.15. The highest BCUT2D eigenvalue weighted by Gasteiger charge is 2.19. The zero-order valence-electron chi connectivity index (χ0n) is 29.9. The average Bonchev–Trinajstić information content (AvgIpc) is 3.88. The number of aromatic nitrogens is 3. The Balaban J connectivity index is 1.04. The molecule has 0 amide bonds. The lowest BCUT2D eigenvalue weighted by Crippen LogP contribution is -1.95. The molecule has 0 N–H and O–H groups in total. The fraction of sp³-hybridized carbons (Fsp3) is 0. The molecule has 3 heteroatoms. The predicted molar refractivity (Wildman–Crippen MR) is 232 cm³/mol. The molecule has 0 radical (unpaired) electrons. The van der Waals surface area contributed by atoms with Crippen molar-refractivity contribution in [2.75, 3.05) is 0 Å². The first-order chi connectivity index (χ1) is 27.3. The number of benzene rings is 9. The van der Waals surface area contributed by atoms with Crippen LogP contribution in [-0.2, 0) is 0 Å². The Morgan fingerprint density at radius 2 is 0.691 bits per heavy atom. The highest BCUT2D eigenvalue weighted by molar-refractivity contribution is 6.19. The van der Waals surface area contributed by atoms with Crippen LogP contribution in [0.15, 0.2) is 200 Å². The van der Waals surface area contributed by atoms with Crippen molar-refractivity contribution in [2.24, 2.45) is 0 Å². The van der Waals surface area contributed by atoms with Crippen LogP contribution in [0.3, 0.4) is 0 Å². The van der Waals surface area contributed by atoms with Gasteiger partial charge in [-0.2, -0.15) is 0 Å². The van der Waals surface area contributed by atoms with Gasteiger partial charge in [-0.1, -0.05) is 127 Å². The summed E-state index contributed by atoms with van der Waals surface area (Å²) in [5.74, 6) is 0. The Morgan fingerprint density at radius 1 is 0.236 bits per heavy atom. The van der Waals surface area contributed by atoms with Crippen molar-refractivity contribution in [3.05, 3.63) is 200 Å². The van der Waals surface area contributed by atoms with Crippen LogP contribution in [-0.4, -0.2) is 13.7 Å². The molecule has 0 unspecified atom stereocenters. The summed E-state index contributed by atoms with van der Waals surface area (Å²) in [6.07, 6.45) is 0. The average molecular weight is 700 g/mol. The molecule has 0 spiro atoms. The van der Waals surface area contributed by atoms with Gasteiger partial charge in [0.15, 0.2) is 0 Å². The van der Waals surface area contributed by atoms with Crippen molar-refractivity contribution in [3.8, 4) is 28.2 Å². The van der Waals surface area contributed by atoms with Gasteiger partial charge in [-0.25, -0.2) is 0 Å². The minimum absolute atomic E-state index is 1.15. The summed E-state index contributed by atoms with van der Waals surface area (Å²) in [5.41, 5.74) is 13.2. The lowest BCUT2D eigenvalue weighted by Gasteiger charge is -2.12. The van der Waals surface area contributed by atoms with Crippen molar-refractivity contribution < 1.29 is 0 Å². The fourth-order valence-corrected chi connectivity index (χ4v) is 9.18. The van der Waals surface area contributed by atoms with E-state index in [1.54, 1.807) is 0 Å². The fourth-order valence-electron chi connectivity index (χ4n) is 9.18. The summed E-state index contributed by atoms with van der Waals surface area (Å²) < 4.78 is 7.27. The van der Waals surface area contributed by atoms with E-state index < -0.39 is 0 Å². The zero-order valence-corrected chi connectivity index (χ0v) is 29.9. The van der Waals surface area contributed by atoms with Crippen LogP contribution in [0, 0.1) is 0 Å². The maximum Gasteiger partial charge on any atom is 0.0549 e. The summed E-state index contributed by atoms with van der Waals surface area (Å²) in [6, 6.07) is 73.2. The van der Waals surface area contributed by atoms with Crippen LogP contribution in [0.4, 0.5) is 0 Å². The van der Waals surface area contributed by atoms with E-state index in [2.05, 4.69) is 214 Å². The van der Waals surface area contributed by atoms with E-state index in [0.717, 1.165) is 5.69 Å². The molecule has 0 bridgehead atoms. The highest BCUT2D eigenvalue weighted by Crippen LogP contribution is 2.41. The third-order valence-electron chi connectivity index (χ3n) is 11.6. The number of hydrogen-bond donors (Lipinski definition) is 0. The van der Waals surface area contributed by atoms with Crippen LogP contribution in [0.5, 0.6) is 0 Å². The first kappa shape index (κ1) is 30.1. The maximum atomic E-state index is 2.46. The van der Waals surface area contributed by atoms with Crippen molar-refractivity contribution >= 4 is 76.2 Å². The van der Waals surface area contributed by atoms with Crippen molar-refractivity contribution in [1.29, 1.82) is 0 Å². The van der Waals surface area contributed by atoms with Gasteiger partial charge < -0.3 is 13.7 Å². The zero-order chi connectivity index (χ0) is 36.0. The summed E-state index contributed by atoms with van der Waals surface area (Å²) in [5, 5.41) is 10.0. The highest BCUT2D eigenvalue weighted by atomic mass is 15.0. The van der Waals surface area contributed by atoms with Gasteiger partial charge in [0.2, 0.25) is 0 Å². The van der Waals surface area contributed by atoms with Gasteiger partial charge >= 0.3 is 0 Å². The first-order valence-corrected chi connectivity index (χ1v) is 18.9. The third kappa shape index (κ3) is 4.38.